The molecule has 1 aromatic rings. The molecule has 1 aliphatic heterocycles. The third kappa shape index (κ3) is 4.27. The van der Waals surface area contributed by atoms with Gasteiger partial charge < -0.3 is 19.7 Å². The summed E-state index contributed by atoms with van der Waals surface area (Å²) in [5.41, 5.74) is 1.16. The Hall–Kier alpha value is -1.42. The number of ether oxygens (including phenoxy) is 2. The summed E-state index contributed by atoms with van der Waals surface area (Å²) in [4.78, 5) is 2.40. The summed E-state index contributed by atoms with van der Waals surface area (Å²) in [6.07, 6.45) is 2.37. The molecule has 21 heavy (non-hydrogen) atoms. The van der Waals surface area contributed by atoms with E-state index in [-0.39, 0.29) is 0 Å². The summed E-state index contributed by atoms with van der Waals surface area (Å²) in [6, 6.07) is 6.70. The van der Waals surface area contributed by atoms with Crippen LogP contribution in [0.15, 0.2) is 18.2 Å². The molecule has 0 spiro atoms. The van der Waals surface area contributed by atoms with Crippen molar-refractivity contribution in [2.45, 2.75) is 39.7 Å². The van der Waals surface area contributed by atoms with Gasteiger partial charge in [0.1, 0.15) is 11.5 Å². The summed E-state index contributed by atoms with van der Waals surface area (Å²) in [7, 11) is 0. The molecule has 0 aliphatic carbocycles. The Bertz CT molecular complexity index is 437. The second-order valence-electron chi connectivity index (χ2n) is 5.38. The quantitative estimate of drug-likeness (QED) is 0.798. The summed E-state index contributed by atoms with van der Waals surface area (Å²) >= 11 is 0. The van der Waals surface area contributed by atoms with E-state index in [4.69, 9.17) is 9.47 Å². The molecule has 1 atom stereocenters. The average molecular weight is 292 g/mol. The third-order valence-electron chi connectivity index (χ3n) is 3.75. The van der Waals surface area contributed by atoms with Crippen molar-refractivity contribution < 1.29 is 9.47 Å². The van der Waals surface area contributed by atoms with Crippen molar-refractivity contribution in [3.8, 4) is 11.5 Å². The van der Waals surface area contributed by atoms with Crippen LogP contribution in [0.25, 0.3) is 0 Å². The Balaban J connectivity index is 2.11. The van der Waals surface area contributed by atoms with Gasteiger partial charge in [-0.2, -0.15) is 0 Å². The smallest absolute Gasteiger partial charge is 0.142 e. The maximum absolute atomic E-state index is 5.78. The van der Waals surface area contributed by atoms with Crippen molar-refractivity contribution in [2.24, 2.45) is 0 Å². The van der Waals surface area contributed by atoms with E-state index in [1.165, 1.54) is 12.8 Å². The Morgan fingerprint density at radius 3 is 2.71 bits per heavy atom. The van der Waals surface area contributed by atoms with E-state index >= 15 is 0 Å². The molecule has 0 radical (unpaired) electrons. The lowest BCUT2D eigenvalue weighted by atomic mass is 10.2. The molecular formula is C17H28N2O2. The Morgan fingerprint density at radius 1 is 1.19 bits per heavy atom. The van der Waals surface area contributed by atoms with Crippen molar-refractivity contribution in [1.29, 1.82) is 0 Å². The van der Waals surface area contributed by atoms with Crippen molar-refractivity contribution in [1.82, 2.24) is 5.32 Å². The van der Waals surface area contributed by atoms with Crippen LogP contribution in [0.2, 0.25) is 0 Å². The van der Waals surface area contributed by atoms with E-state index in [0.717, 1.165) is 36.8 Å². The highest BCUT2D eigenvalue weighted by molar-refractivity contribution is 5.62. The second-order valence-corrected chi connectivity index (χ2v) is 5.38. The van der Waals surface area contributed by atoms with Gasteiger partial charge in [-0.25, -0.2) is 0 Å². The third-order valence-corrected chi connectivity index (χ3v) is 3.75. The molecule has 1 heterocycles. The van der Waals surface area contributed by atoms with Crippen LogP contribution in [0.3, 0.4) is 0 Å². The predicted octanol–water partition coefficient (Wildman–Crippen LogP) is 3.06. The number of hydrogen-bond acceptors (Lipinski definition) is 4. The largest absolute Gasteiger partial charge is 0.494 e. The minimum atomic E-state index is 0.579. The maximum atomic E-state index is 5.78. The van der Waals surface area contributed by atoms with Crippen molar-refractivity contribution >= 4 is 5.69 Å². The lowest BCUT2D eigenvalue weighted by molar-refractivity contribution is 0.331. The van der Waals surface area contributed by atoms with Crippen molar-refractivity contribution in [3.63, 3.8) is 0 Å². The van der Waals surface area contributed by atoms with Crippen LogP contribution < -0.4 is 19.7 Å². The van der Waals surface area contributed by atoms with Crippen LogP contribution in [0.4, 0.5) is 5.69 Å². The summed E-state index contributed by atoms with van der Waals surface area (Å²) in [5.74, 6) is 1.87. The molecule has 0 bridgehead atoms. The van der Waals surface area contributed by atoms with Crippen molar-refractivity contribution in [2.75, 3.05) is 37.7 Å². The number of hydrogen-bond donors (Lipinski definition) is 1. The molecule has 1 unspecified atom stereocenters. The van der Waals surface area contributed by atoms with E-state index in [1.807, 2.05) is 26.0 Å². The van der Waals surface area contributed by atoms with Crippen LogP contribution in [-0.4, -0.2) is 38.9 Å². The normalized spacial score (nSPS) is 18.0. The lowest BCUT2D eigenvalue weighted by Gasteiger charge is -2.23. The van der Waals surface area contributed by atoms with Gasteiger partial charge in [0.2, 0.25) is 0 Å². The number of benzene rings is 1. The summed E-state index contributed by atoms with van der Waals surface area (Å²) in [5, 5.41) is 3.61. The minimum absolute atomic E-state index is 0.579. The second kappa shape index (κ2) is 8.13. The van der Waals surface area contributed by atoms with Gasteiger partial charge in [-0.05, 0) is 45.4 Å². The SMILES string of the molecule is CCCNC1CCN(c2cc(OCC)ccc2OCC)C1. The standard InChI is InChI=1S/C17H28N2O2/c1-4-10-18-14-9-11-19(13-14)16-12-15(20-5-2)7-8-17(16)21-6-3/h7-8,12,14,18H,4-6,9-11,13H2,1-3H3. The Morgan fingerprint density at radius 2 is 2.00 bits per heavy atom. The van der Waals surface area contributed by atoms with Gasteiger partial charge in [0.25, 0.3) is 0 Å². The molecular weight excluding hydrogens is 264 g/mol. The number of rotatable bonds is 8. The van der Waals surface area contributed by atoms with Gasteiger partial charge >= 0.3 is 0 Å². The fraction of sp³-hybridized carbons (Fsp3) is 0.647. The molecule has 2 rings (SSSR count). The first-order valence-corrected chi connectivity index (χ1v) is 8.16. The topological polar surface area (TPSA) is 33.7 Å². The lowest BCUT2D eigenvalue weighted by Crippen LogP contribution is -2.33. The molecule has 0 amide bonds. The fourth-order valence-electron chi connectivity index (χ4n) is 2.77. The first-order valence-electron chi connectivity index (χ1n) is 8.16. The monoisotopic (exact) mass is 292 g/mol. The first-order chi connectivity index (χ1) is 10.3. The Labute approximate surface area is 128 Å². The van der Waals surface area contributed by atoms with E-state index in [0.29, 0.717) is 19.3 Å². The van der Waals surface area contributed by atoms with E-state index in [9.17, 15) is 0 Å². The summed E-state index contributed by atoms with van der Waals surface area (Å²) in [6.45, 7) is 10.8. The number of anilines is 1. The van der Waals surface area contributed by atoms with Gasteiger partial charge in [-0.15, -0.1) is 0 Å². The summed E-state index contributed by atoms with van der Waals surface area (Å²) < 4.78 is 11.4. The average Bonchev–Trinajstić information content (AvgIpc) is 2.96. The van der Waals surface area contributed by atoms with E-state index in [2.05, 4.69) is 23.2 Å². The van der Waals surface area contributed by atoms with E-state index in [1.54, 1.807) is 0 Å². The molecule has 0 aromatic heterocycles. The zero-order chi connectivity index (χ0) is 15.1. The van der Waals surface area contributed by atoms with Crippen molar-refractivity contribution in [3.05, 3.63) is 18.2 Å². The minimum Gasteiger partial charge on any atom is -0.494 e. The molecule has 0 saturated carbocycles. The molecule has 4 heteroatoms. The van der Waals surface area contributed by atoms with Gasteiger partial charge in [0.05, 0.1) is 18.9 Å². The van der Waals surface area contributed by atoms with Crippen LogP contribution in [-0.2, 0) is 0 Å². The molecule has 118 valence electrons. The van der Waals surface area contributed by atoms with Crippen LogP contribution in [0, 0.1) is 0 Å². The predicted molar refractivity (Wildman–Crippen MR) is 87.7 cm³/mol. The molecule has 1 N–H and O–H groups in total. The molecule has 1 aliphatic rings. The van der Waals surface area contributed by atoms with Gasteiger partial charge in [-0.3, -0.25) is 0 Å². The number of nitrogens with one attached hydrogen (secondary N) is 1. The first kappa shape index (κ1) is 16.0. The van der Waals surface area contributed by atoms with Gasteiger partial charge in [0.15, 0.2) is 0 Å². The maximum Gasteiger partial charge on any atom is 0.142 e. The van der Waals surface area contributed by atoms with Crippen LogP contribution in [0.1, 0.15) is 33.6 Å². The Kier molecular flexibility index (Phi) is 6.18. The van der Waals surface area contributed by atoms with Crippen LogP contribution >= 0.6 is 0 Å². The zero-order valence-electron chi connectivity index (χ0n) is 13.5. The highest BCUT2D eigenvalue weighted by atomic mass is 16.5. The molecule has 1 aromatic carbocycles. The molecule has 1 fully saturated rings. The fourth-order valence-corrected chi connectivity index (χ4v) is 2.77. The highest BCUT2D eigenvalue weighted by Gasteiger charge is 2.24. The molecule has 1 saturated heterocycles. The van der Waals surface area contributed by atoms with Gasteiger partial charge in [-0.1, -0.05) is 6.92 Å². The van der Waals surface area contributed by atoms with Crippen LogP contribution in [0.5, 0.6) is 11.5 Å². The number of nitrogens with zero attached hydrogens (tertiary/aromatic N) is 1. The highest BCUT2D eigenvalue weighted by Crippen LogP contribution is 2.34. The van der Waals surface area contributed by atoms with E-state index < -0.39 is 0 Å². The molecule has 4 nitrogen and oxygen atoms in total. The van der Waals surface area contributed by atoms with Gasteiger partial charge in [0, 0.05) is 25.2 Å². The zero-order valence-corrected chi connectivity index (χ0v) is 13.5.